The van der Waals surface area contributed by atoms with Crippen LogP contribution in [0.15, 0.2) is 24.3 Å². The van der Waals surface area contributed by atoms with Gasteiger partial charge in [0.25, 0.3) is 0 Å². The molecule has 0 saturated heterocycles. The molecule has 0 radical (unpaired) electrons. The molecule has 2 rings (SSSR count). The number of para-hydroxylation sites is 1. The van der Waals surface area contributed by atoms with Crippen LogP contribution in [0.4, 0.5) is 8.78 Å². The maximum Gasteiger partial charge on any atom is 0.249 e. The van der Waals surface area contributed by atoms with Crippen molar-refractivity contribution in [3.63, 3.8) is 0 Å². The lowest BCUT2D eigenvalue weighted by molar-refractivity contribution is -0.0870. The van der Waals surface area contributed by atoms with Crippen LogP contribution in [-0.4, -0.2) is 11.0 Å². The Morgan fingerprint density at radius 1 is 1.23 bits per heavy atom. The van der Waals surface area contributed by atoms with Gasteiger partial charge in [-0.3, -0.25) is 0 Å². The van der Waals surface area contributed by atoms with Crippen LogP contribution in [0.25, 0.3) is 0 Å². The van der Waals surface area contributed by atoms with Crippen LogP contribution in [-0.2, 0) is 0 Å². The fourth-order valence-electron chi connectivity index (χ4n) is 1.71. The van der Waals surface area contributed by atoms with Crippen LogP contribution in [0.2, 0.25) is 0 Å². The van der Waals surface area contributed by atoms with E-state index >= 15 is 0 Å². The van der Waals surface area contributed by atoms with Gasteiger partial charge in [-0.1, -0.05) is 18.2 Å². The van der Waals surface area contributed by atoms with Crippen LogP contribution >= 0.6 is 0 Å². The Hall–Kier alpha value is -1.12. The summed E-state index contributed by atoms with van der Waals surface area (Å²) in [6.07, 6.45) is -0.269. The molecule has 1 aliphatic carbocycles. The number of hydrogen-bond acceptors (Lipinski definition) is 1. The van der Waals surface area contributed by atoms with Crippen LogP contribution in [0.3, 0.4) is 0 Å². The molecular weight excluding hydrogens is 174 g/mol. The molecule has 0 atom stereocenters. The first-order valence-electron chi connectivity index (χ1n) is 4.24. The van der Waals surface area contributed by atoms with E-state index in [1.165, 1.54) is 6.07 Å². The van der Waals surface area contributed by atoms with E-state index in [4.69, 9.17) is 0 Å². The summed E-state index contributed by atoms with van der Waals surface area (Å²) in [4.78, 5) is 0. The molecule has 3 heteroatoms. The van der Waals surface area contributed by atoms with E-state index < -0.39 is 5.92 Å². The van der Waals surface area contributed by atoms with Crippen molar-refractivity contribution in [2.24, 2.45) is 0 Å². The van der Waals surface area contributed by atoms with Crippen molar-refractivity contribution in [2.45, 2.75) is 24.7 Å². The SMILES string of the molecule is Oc1ccccc1C1CC(F)(F)C1. The van der Waals surface area contributed by atoms with Gasteiger partial charge in [0.05, 0.1) is 0 Å². The molecule has 0 amide bonds. The minimum absolute atomic E-state index is 0.128. The molecule has 1 nitrogen and oxygen atoms in total. The van der Waals surface area contributed by atoms with E-state index in [9.17, 15) is 13.9 Å². The number of benzene rings is 1. The van der Waals surface area contributed by atoms with Crippen molar-refractivity contribution >= 4 is 0 Å². The molecule has 13 heavy (non-hydrogen) atoms. The van der Waals surface area contributed by atoms with Crippen molar-refractivity contribution in [3.05, 3.63) is 29.8 Å². The van der Waals surface area contributed by atoms with E-state index in [0.717, 1.165) is 0 Å². The summed E-state index contributed by atoms with van der Waals surface area (Å²) in [6.45, 7) is 0. The first-order chi connectivity index (χ1) is 6.08. The summed E-state index contributed by atoms with van der Waals surface area (Å²) in [5.74, 6) is -2.56. The number of hydrogen-bond donors (Lipinski definition) is 1. The van der Waals surface area contributed by atoms with Gasteiger partial charge in [0.1, 0.15) is 5.75 Å². The Labute approximate surface area is 75.0 Å². The Bertz CT molecular complexity index is 314. The van der Waals surface area contributed by atoms with Gasteiger partial charge in [0.15, 0.2) is 0 Å². The van der Waals surface area contributed by atoms with E-state index in [-0.39, 0.29) is 24.5 Å². The van der Waals surface area contributed by atoms with Gasteiger partial charge in [-0.15, -0.1) is 0 Å². The Morgan fingerprint density at radius 3 is 2.38 bits per heavy atom. The highest BCUT2D eigenvalue weighted by molar-refractivity contribution is 5.36. The smallest absolute Gasteiger partial charge is 0.249 e. The van der Waals surface area contributed by atoms with Gasteiger partial charge in [-0.2, -0.15) is 0 Å². The first kappa shape index (κ1) is 8.48. The van der Waals surface area contributed by atoms with Crippen LogP contribution in [0.5, 0.6) is 5.75 Å². The quantitative estimate of drug-likeness (QED) is 0.711. The molecule has 0 aromatic heterocycles. The lowest BCUT2D eigenvalue weighted by Crippen LogP contribution is -2.33. The third kappa shape index (κ3) is 1.50. The zero-order valence-corrected chi connectivity index (χ0v) is 7.00. The second kappa shape index (κ2) is 2.69. The molecule has 70 valence electrons. The molecule has 1 saturated carbocycles. The highest BCUT2D eigenvalue weighted by atomic mass is 19.3. The van der Waals surface area contributed by atoms with Gasteiger partial charge >= 0.3 is 0 Å². The fourth-order valence-corrected chi connectivity index (χ4v) is 1.71. The summed E-state index contributed by atoms with van der Waals surface area (Å²) >= 11 is 0. The standard InChI is InChI=1S/C10H10F2O/c11-10(12)5-7(6-10)8-3-1-2-4-9(8)13/h1-4,7,13H,5-6H2. The minimum Gasteiger partial charge on any atom is -0.508 e. The minimum atomic E-state index is -2.52. The molecule has 0 bridgehead atoms. The van der Waals surface area contributed by atoms with Gasteiger partial charge in [-0.05, 0) is 17.5 Å². The van der Waals surface area contributed by atoms with E-state index in [1.807, 2.05) is 0 Å². The third-order valence-corrected chi connectivity index (χ3v) is 2.47. The topological polar surface area (TPSA) is 20.2 Å². The molecule has 1 aromatic rings. The van der Waals surface area contributed by atoms with Crippen LogP contribution in [0.1, 0.15) is 24.3 Å². The highest BCUT2D eigenvalue weighted by Gasteiger charge is 2.46. The monoisotopic (exact) mass is 184 g/mol. The highest BCUT2D eigenvalue weighted by Crippen LogP contribution is 2.49. The number of alkyl halides is 2. The van der Waals surface area contributed by atoms with Crippen LogP contribution < -0.4 is 0 Å². The maximum atomic E-state index is 12.5. The number of phenolic OH excluding ortho intramolecular Hbond substituents is 1. The average Bonchev–Trinajstić information content (AvgIpc) is 2.01. The lowest BCUT2D eigenvalue weighted by atomic mass is 9.76. The second-order valence-corrected chi connectivity index (χ2v) is 3.52. The van der Waals surface area contributed by atoms with Crippen molar-refractivity contribution in [1.82, 2.24) is 0 Å². The van der Waals surface area contributed by atoms with Crippen molar-refractivity contribution in [3.8, 4) is 5.75 Å². The summed E-state index contributed by atoms with van der Waals surface area (Å²) in [6, 6.07) is 6.68. The maximum absolute atomic E-state index is 12.5. The van der Waals surface area contributed by atoms with Crippen LogP contribution in [0, 0.1) is 0 Å². The normalized spacial score (nSPS) is 21.1. The van der Waals surface area contributed by atoms with E-state index in [1.54, 1.807) is 18.2 Å². The number of phenols is 1. The predicted molar refractivity (Wildman–Crippen MR) is 45.0 cm³/mol. The third-order valence-electron chi connectivity index (χ3n) is 2.47. The predicted octanol–water partition coefficient (Wildman–Crippen LogP) is 2.90. The van der Waals surface area contributed by atoms with Gasteiger partial charge in [0, 0.05) is 12.8 Å². The summed E-state index contributed by atoms with van der Waals surface area (Å²) in [5.41, 5.74) is 0.647. The molecule has 1 N–H and O–H groups in total. The lowest BCUT2D eigenvalue weighted by Gasteiger charge is -2.35. The fraction of sp³-hybridized carbons (Fsp3) is 0.400. The molecular formula is C10H10F2O. The molecule has 1 fully saturated rings. The largest absolute Gasteiger partial charge is 0.508 e. The van der Waals surface area contributed by atoms with Crippen molar-refractivity contribution < 1.29 is 13.9 Å². The molecule has 1 aromatic carbocycles. The summed E-state index contributed by atoms with van der Waals surface area (Å²) in [5, 5.41) is 9.37. The number of halogens is 2. The van der Waals surface area contributed by atoms with E-state index in [0.29, 0.717) is 5.56 Å². The first-order valence-corrected chi connectivity index (χ1v) is 4.24. The zero-order valence-electron chi connectivity index (χ0n) is 7.00. The van der Waals surface area contributed by atoms with Crippen molar-refractivity contribution in [1.29, 1.82) is 0 Å². The Balaban J connectivity index is 2.16. The van der Waals surface area contributed by atoms with Gasteiger partial charge < -0.3 is 5.11 Å². The number of aromatic hydroxyl groups is 1. The summed E-state index contributed by atoms with van der Waals surface area (Å²) < 4.78 is 25.0. The Morgan fingerprint density at radius 2 is 1.85 bits per heavy atom. The van der Waals surface area contributed by atoms with Gasteiger partial charge in [0.2, 0.25) is 5.92 Å². The molecule has 0 spiro atoms. The molecule has 1 aliphatic rings. The molecule has 0 unspecified atom stereocenters. The van der Waals surface area contributed by atoms with Gasteiger partial charge in [-0.25, -0.2) is 8.78 Å². The van der Waals surface area contributed by atoms with Crippen molar-refractivity contribution in [2.75, 3.05) is 0 Å². The zero-order chi connectivity index (χ0) is 9.47. The molecule has 0 heterocycles. The van der Waals surface area contributed by atoms with E-state index in [2.05, 4.69) is 0 Å². The average molecular weight is 184 g/mol. The molecule has 0 aliphatic heterocycles. The number of rotatable bonds is 1. The Kier molecular flexibility index (Phi) is 1.75. The summed E-state index contributed by atoms with van der Waals surface area (Å²) in [7, 11) is 0. The second-order valence-electron chi connectivity index (χ2n) is 3.52.